The van der Waals surface area contributed by atoms with Gasteiger partial charge in [-0.1, -0.05) is 0 Å². The van der Waals surface area contributed by atoms with Crippen LogP contribution in [0.15, 0.2) is 18.2 Å². The molecule has 1 unspecified atom stereocenters. The van der Waals surface area contributed by atoms with Crippen molar-refractivity contribution >= 4 is 5.69 Å². The van der Waals surface area contributed by atoms with Crippen LogP contribution in [0.1, 0.15) is 18.4 Å². The van der Waals surface area contributed by atoms with Gasteiger partial charge in [0, 0.05) is 18.2 Å². The largest absolute Gasteiger partial charge is 0.485 e. The molecule has 1 aromatic rings. The van der Waals surface area contributed by atoms with E-state index < -0.39 is 4.92 Å². The Morgan fingerprint density at radius 1 is 1.61 bits per heavy atom. The van der Waals surface area contributed by atoms with E-state index in [0.717, 1.165) is 19.4 Å². The average Bonchev–Trinajstić information content (AvgIpc) is 2.88. The molecule has 1 saturated heterocycles. The SMILES string of the molecule is N#Cc1ccc([N+](=O)[O-])c(OCC2CCCN2)c1. The monoisotopic (exact) mass is 247 g/mol. The molecule has 0 spiro atoms. The van der Waals surface area contributed by atoms with Gasteiger partial charge in [-0.15, -0.1) is 0 Å². The van der Waals surface area contributed by atoms with E-state index in [0.29, 0.717) is 12.2 Å². The standard InChI is InChI=1S/C12H13N3O3/c13-7-9-3-4-11(15(16)17)12(6-9)18-8-10-2-1-5-14-10/h3-4,6,10,14H,1-2,5,8H2. The summed E-state index contributed by atoms with van der Waals surface area (Å²) in [7, 11) is 0. The van der Waals surface area contributed by atoms with Crippen molar-refractivity contribution in [2.24, 2.45) is 0 Å². The Bertz CT molecular complexity index is 490. The van der Waals surface area contributed by atoms with Crippen molar-refractivity contribution in [2.75, 3.05) is 13.2 Å². The van der Waals surface area contributed by atoms with Crippen LogP contribution in [0, 0.1) is 21.4 Å². The third-order valence-corrected chi connectivity index (χ3v) is 2.89. The molecule has 1 fully saturated rings. The van der Waals surface area contributed by atoms with Crippen LogP contribution < -0.4 is 10.1 Å². The Hall–Kier alpha value is -2.13. The molecule has 1 aliphatic heterocycles. The van der Waals surface area contributed by atoms with E-state index >= 15 is 0 Å². The fourth-order valence-corrected chi connectivity index (χ4v) is 1.94. The normalized spacial score (nSPS) is 18.3. The van der Waals surface area contributed by atoms with E-state index in [1.165, 1.54) is 18.2 Å². The zero-order valence-corrected chi connectivity index (χ0v) is 9.76. The number of benzene rings is 1. The number of nitro groups is 1. The van der Waals surface area contributed by atoms with E-state index in [2.05, 4.69) is 5.32 Å². The number of nitro benzene ring substituents is 1. The van der Waals surface area contributed by atoms with Gasteiger partial charge in [-0.3, -0.25) is 10.1 Å². The van der Waals surface area contributed by atoms with Crippen LogP contribution in [0.5, 0.6) is 5.75 Å². The first-order valence-corrected chi connectivity index (χ1v) is 5.75. The van der Waals surface area contributed by atoms with E-state index in [1.807, 2.05) is 6.07 Å². The second-order valence-corrected chi connectivity index (χ2v) is 4.16. The molecule has 1 aliphatic rings. The summed E-state index contributed by atoms with van der Waals surface area (Å²) in [6.07, 6.45) is 2.10. The summed E-state index contributed by atoms with van der Waals surface area (Å²) in [6, 6.07) is 6.30. The molecule has 1 heterocycles. The summed E-state index contributed by atoms with van der Waals surface area (Å²) in [5, 5.41) is 22.9. The number of nitriles is 1. The number of rotatable bonds is 4. The maximum atomic E-state index is 10.8. The van der Waals surface area contributed by atoms with Gasteiger partial charge in [0.15, 0.2) is 5.75 Å². The highest BCUT2D eigenvalue weighted by molar-refractivity contribution is 5.51. The molecule has 0 aromatic heterocycles. The summed E-state index contributed by atoms with van der Waals surface area (Å²) >= 11 is 0. The molecule has 94 valence electrons. The molecule has 0 aliphatic carbocycles. The lowest BCUT2D eigenvalue weighted by Gasteiger charge is -2.12. The fraction of sp³-hybridized carbons (Fsp3) is 0.417. The molecule has 6 nitrogen and oxygen atoms in total. The number of nitrogens with zero attached hydrogens (tertiary/aromatic N) is 2. The van der Waals surface area contributed by atoms with Gasteiger partial charge in [0.1, 0.15) is 6.61 Å². The zero-order valence-electron chi connectivity index (χ0n) is 9.76. The van der Waals surface area contributed by atoms with Gasteiger partial charge in [0.05, 0.1) is 16.6 Å². The summed E-state index contributed by atoms with van der Waals surface area (Å²) in [4.78, 5) is 10.3. The summed E-state index contributed by atoms with van der Waals surface area (Å²) < 4.78 is 5.47. The number of hydrogen-bond donors (Lipinski definition) is 1. The van der Waals surface area contributed by atoms with E-state index in [4.69, 9.17) is 10.00 Å². The third kappa shape index (κ3) is 2.76. The maximum Gasteiger partial charge on any atom is 0.311 e. The van der Waals surface area contributed by atoms with Crippen molar-refractivity contribution in [1.82, 2.24) is 5.32 Å². The Kier molecular flexibility index (Phi) is 3.75. The fourth-order valence-electron chi connectivity index (χ4n) is 1.94. The van der Waals surface area contributed by atoms with Crippen molar-refractivity contribution in [3.63, 3.8) is 0 Å². The first kappa shape index (κ1) is 12.3. The Balaban J connectivity index is 2.13. The highest BCUT2D eigenvalue weighted by atomic mass is 16.6. The van der Waals surface area contributed by atoms with Crippen LogP contribution >= 0.6 is 0 Å². The lowest BCUT2D eigenvalue weighted by molar-refractivity contribution is -0.385. The number of hydrogen-bond acceptors (Lipinski definition) is 5. The zero-order chi connectivity index (χ0) is 13.0. The minimum absolute atomic E-state index is 0.105. The van der Waals surface area contributed by atoms with Gasteiger partial charge < -0.3 is 10.1 Å². The number of ether oxygens (including phenoxy) is 1. The van der Waals surface area contributed by atoms with Gasteiger partial charge >= 0.3 is 5.69 Å². The summed E-state index contributed by atoms with van der Waals surface area (Å²) in [6.45, 7) is 1.34. The quantitative estimate of drug-likeness (QED) is 0.644. The van der Waals surface area contributed by atoms with Crippen LogP contribution in [0.25, 0.3) is 0 Å². The maximum absolute atomic E-state index is 10.8. The van der Waals surface area contributed by atoms with Gasteiger partial charge in [-0.2, -0.15) is 5.26 Å². The third-order valence-electron chi connectivity index (χ3n) is 2.89. The first-order chi connectivity index (χ1) is 8.70. The highest BCUT2D eigenvalue weighted by Crippen LogP contribution is 2.28. The van der Waals surface area contributed by atoms with Gasteiger partial charge in [-0.25, -0.2) is 0 Å². The molecule has 0 saturated carbocycles. The molecule has 18 heavy (non-hydrogen) atoms. The second-order valence-electron chi connectivity index (χ2n) is 4.16. The molecule has 1 aromatic carbocycles. The van der Waals surface area contributed by atoms with Crippen LogP contribution in [-0.2, 0) is 0 Å². The van der Waals surface area contributed by atoms with Crippen molar-refractivity contribution < 1.29 is 9.66 Å². The Labute approximate surface area is 104 Å². The predicted octanol–water partition coefficient (Wildman–Crippen LogP) is 1.60. The van der Waals surface area contributed by atoms with Crippen LogP contribution in [0.3, 0.4) is 0 Å². The lowest BCUT2D eigenvalue weighted by atomic mass is 10.2. The predicted molar refractivity (Wildman–Crippen MR) is 64.3 cm³/mol. The van der Waals surface area contributed by atoms with Crippen molar-refractivity contribution in [3.8, 4) is 11.8 Å². The lowest BCUT2D eigenvalue weighted by Crippen LogP contribution is -2.28. The number of nitrogens with one attached hydrogen (secondary N) is 1. The molecule has 6 heteroatoms. The first-order valence-electron chi connectivity index (χ1n) is 5.75. The minimum Gasteiger partial charge on any atom is -0.485 e. The van der Waals surface area contributed by atoms with E-state index in [1.54, 1.807) is 0 Å². The highest BCUT2D eigenvalue weighted by Gasteiger charge is 2.19. The summed E-state index contributed by atoms with van der Waals surface area (Å²) in [5.41, 5.74) is 0.252. The van der Waals surface area contributed by atoms with Crippen molar-refractivity contribution in [3.05, 3.63) is 33.9 Å². The molecule has 0 bridgehead atoms. The van der Waals surface area contributed by atoms with E-state index in [9.17, 15) is 10.1 Å². The Morgan fingerprint density at radius 3 is 3.06 bits per heavy atom. The molecule has 2 rings (SSSR count). The molecule has 0 amide bonds. The molecule has 1 N–H and O–H groups in total. The summed E-state index contributed by atoms with van der Waals surface area (Å²) in [5.74, 6) is 0.160. The molecule has 0 radical (unpaired) electrons. The topological polar surface area (TPSA) is 88.2 Å². The molecular weight excluding hydrogens is 234 g/mol. The average molecular weight is 247 g/mol. The van der Waals surface area contributed by atoms with E-state index in [-0.39, 0.29) is 17.5 Å². The molecular formula is C12H13N3O3. The van der Waals surface area contributed by atoms with Gasteiger partial charge in [0.2, 0.25) is 0 Å². The van der Waals surface area contributed by atoms with Crippen molar-refractivity contribution in [2.45, 2.75) is 18.9 Å². The van der Waals surface area contributed by atoms with Crippen LogP contribution in [0.4, 0.5) is 5.69 Å². The second kappa shape index (κ2) is 5.47. The van der Waals surface area contributed by atoms with Crippen LogP contribution in [0.2, 0.25) is 0 Å². The Morgan fingerprint density at radius 2 is 2.44 bits per heavy atom. The van der Waals surface area contributed by atoms with Crippen LogP contribution in [-0.4, -0.2) is 24.1 Å². The van der Waals surface area contributed by atoms with Gasteiger partial charge in [0.25, 0.3) is 0 Å². The van der Waals surface area contributed by atoms with Crippen molar-refractivity contribution in [1.29, 1.82) is 5.26 Å². The van der Waals surface area contributed by atoms with Gasteiger partial charge in [-0.05, 0) is 25.5 Å². The molecule has 1 atom stereocenters. The minimum atomic E-state index is -0.501. The smallest absolute Gasteiger partial charge is 0.311 e.